The van der Waals surface area contributed by atoms with Crippen molar-refractivity contribution < 1.29 is 9.90 Å². The van der Waals surface area contributed by atoms with Gasteiger partial charge in [0, 0.05) is 11.2 Å². The maximum atomic E-state index is 10.6. The molecule has 1 spiro atoms. The summed E-state index contributed by atoms with van der Waals surface area (Å²) in [6, 6.07) is 0. The maximum Gasteiger partial charge on any atom is 0.303 e. The number of carbonyl (C=O) groups is 1. The average molecular weight is 200 g/mol. The van der Waals surface area contributed by atoms with Gasteiger partial charge >= 0.3 is 5.97 Å². The summed E-state index contributed by atoms with van der Waals surface area (Å²) in [5.41, 5.74) is 0. The first-order valence-corrected chi connectivity index (χ1v) is 6.05. The predicted octanol–water partition coefficient (Wildman–Crippen LogP) is 2.53. The number of carboxylic acids is 1. The highest BCUT2D eigenvalue weighted by atomic mass is 32.2. The van der Waals surface area contributed by atoms with Crippen molar-refractivity contribution >= 4 is 17.7 Å². The Morgan fingerprint density at radius 1 is 1.54 bits per heavy atom. The van der Waals surface area contributed by atoms with Gasteiger partial charge in [-0.2, -0.15) is 11.8 Å². The molecule has 2 nitrogen and oxygen atoms in total. The molecule has 0 aromatic carbocycles. The molecule has 3 heteroatoms. The predicted molar refractivity (Wildman–Crippen MR) is 54.0 cm³/mol. The zero-order chi connectivity index (χ0) is 9.31. The largest absolute Gasteiger partial charge is 0.481 e. The molecule has 0 aromatic heterocycles. The highest BCUT2D eigenvalue weighted by Crippen LogP contribution is 2.52. The van der Waals surface area contributed by atoms with Gasteiger partial charge in [0.2, 0.25) is 0 Å². The third-order valence-electron chi connectivity index (χ3n) is 3.32. The fraction of sp³-hybridized carbons (Fsp3) is 0.900. The van der Waals surface area contributed by atoms with E-state index in [1.165, 1.54) is 25.0 Å². The summed E-state index contributed by atoms with van der Waals surface area (Å²) < 4.78 is 0.500. The van der Waals surface area contributed by atoms with Crippen LogP contribution in [-0.4, -0.2) is 21.6 Å². The van der Waals surface area contributed by atoms with Gasteiger partial charge in [-0.1, -0.05) is 0 Å². The minimum Gasteiger partial charge on any atom is -0.481 e. The van der Waals surface area contributed by atoms with Crippen LogP contribution >= 0.6 is 11.8 Å². The number of carboxylic acid groups (broad SMARTS) is 1. The van der Waals surface area contributed by atoms with E-state index in [-0.39, 0.29) is 0 Å². The van der Waals surface area contributed by atoms with E-state index in [1.54, 1.807) is 0 Å². The topological polar surface area (TPSA) is 37.3 Å². The zero-order valence-corrected chi connectivity index (χ0v) is 8.61. The van der Waals surface area contributed by atoms with Gasteiger partial charge in [-0.15, -0.1) is 0 Å². The number of aliphatic carboxylic acids is 1. The van der Waals surface area contributed by atoms with Gasteiger partial charge in [-0.25, -0.2) is 0 Å². The minimum atomic E-state index is -0.620. The van der Waals surface area contributed by atoms with Crippen molar-refractivity contribution in [3.63, 3.8) is 0 Å². The first-order valence-electron chi connectivity index (χ1n) is 5.06. The van der Waals surface area contributed by atoms with E-state index in [0.29, 0.717) is 17.1 Å². The summed E-state index contributed by atoms with van der Waals surface area (Å²) in [6.07, 6.45) is 6.61. The van der Waals surface area contributed by atoms with Crippen LogP contribution < -0.4 is 0 Å². The molecular formula is C10H16O2S. The standard InChI is InChI=1S/C10H16O2S/c11-9(12)6-8-2-4-10(7-8)3-1-5-13-10/h8H,1-7H2,(H,11,12). The molecule has 2 aliphatic rings. The van der Waals surface area contributed by atoms with Crippen LogP contribution in [0.2, 0.25) is 0 Å². The van der Waals surface area contributed by atoms with Gasteiger partial charge in [0.05, 0.1) is 0 Å². The molecule has 2 atom stereocenters. The molecule has 2 rings (SSSR count). The van der Waals surface area contributed by atoms with Crippen molar-refractivity contribution in [2.24, 2.45) is 5.92 Å². The van der Waals surface area contributed by atoms with E-state index in [4.69, 9.17) is 5.11 Å². The Balaban J connectivity index is 1.89. The van der Waals surface area contributed by atoms with Crippen LogP contribution in [0.15, 0.2) is 0 Å². The second kappa shape index (κ2) is 3.52. The first-order chi connectivity index (χ1) is 6.20. The molecule has 1 saturated heterocycles. The highest BCUT2D eigenvalue weighted by Gasteiger charge is 2.42. The Morgan fingerprint density at radius 2 is 2.38 bits per heavy atom. The van der Waals surface area contributed by atoms with E-state index in [9.17, 15) is 4.79 Å². The summed E-state index contributed by atoms with van der Waals surface area (Å²) in [5, 5.41) is 8.70. The Morgan fingerprint density at radius 3 is 3.00 bits per heavy atom. The summed E-state index contributed by atoms with van der Waals surface area (Å²) in [5.74, 6) is 1.13. The van der Waals surface area contributed by atoms with Crippen molar-refractivity contribution in [3.8, 4) is 0 Å². The number of thioether (sulfide) groups is 1. The van der Waals surface area contributed by atoms with Crippen LogP contribution in [0.5, 0.6) is 0 Å². The van der Waals surface area contributed by atoms with Crippen LogP contribution in [0.4, 0.5) is 0 Å². The molecule has 0 amide bonds. The van der Waals surface area contributed by atoms with E-state index in [2.05, 4.69) is 11.8 Å². The molecule has 2 fully saturated rings. The van der Waals surface area contributed by atoms with Crippen molar-refractivity contribution in [3.05, 3.63) is 0 Å². The number of rotatable bonds is 2. The SMILES string of the molecule is O=C(O)CC1CCC2(CCCS2)C1. The third kappa shape index (κ3) is 2.01. The zero-order valence-electron chi connectivity index (χ0n) is 7.79. The van der Waals surface area contributed by atoms with Gasteiger partial charge in [0.25, 0.3) is 0 Å². The second-order valence-electron chi connectivity index (χ2n) is 4.34. The molecule has 0 radical (unpaired) electrons. The lowest BCUT2D eigenvalue weighted by Crippen LogP contribution is -2.16. The lowest BCUT2D eigenvalue weighted by atomic mass is 9.98. The summed E-state index contributed by atoms with van der Waals surface area (Å²) in [4.78, 5) is 10.6. The van der Waals surface area contributed by atoms with Gasteiger partial charge < -0.3 is 5.11 Å². The molecule has 1 aliphatic heterocycles. The number of hydrogen-bond donors (Lipinski definition) is 1. The number of hydrogen-bond acceptors (Lipinski definition) is 2. The summed E-state index contributed by atoms with van der Waals surface area (Å²) in [6.45, 7) is 0. The molecule has 0 bridgehead atoms. The Bertz CT molecular complexity index is 209. The van der Waals surface area contributed by atoms with E-state index >= 15 is 0 Å². The van der Waals surface area contributed by atoms with Crippen molar-refractivity contribution in [1.29, 1.82) is 0 Å². The van der Waals surface area contributed by atoms with E-state index in [1.807, 2.05) is 0 Å². The monoisotopic (exact) mass is 200 g/mol. The fourth-order valence-corrected chi connectivity index (χ4v) is 4.36. The van der Waals surface area contributed by atoms with Gasteiger partial charge in [0.1, 0.15) is 0 Å². The minimum absolute atomic E-state index is 0.391. The van der Waals surface area contributed by atoms with Crippen LogP contribution in [0.1, 0.15) is 38.5 Å². The normalized spacial score (nSPS) is 38.6. The molecule has 1 N–H and O–H groups in total. The molecule has 1 aliphatic carbocycles. The molecule has 2 unspecified atom stereocenters. The molecule has 1 saturated carbocycles. The smallest absolute Gasteiger partial charge is 0.303 e. The Labute approximate surface area is 83.1 Å². The van der Waals surface area contributed by atoms with Crippen LogP contribution in [-0.2, 0) is 4.79 Å². The lowest BCUT2D eigenvalue weighted by molar-refractivity contribution is -0.138. The van der Waals surface area contributed by atoms with Crippen LogP contribution in [0.3, 0.4) is 0 Å². The Hall–Kier alpha value is -0.180. The maximum absolute atomic E-state index is 10.6. The molecule has 13 heavy (non-hydrogen) atoms. The van der Waals surface area contributed by atoms with Crippen molar-refractivity contribution in [2.45, 2.75) is 43.3 Å². The first kappa shape index (κ1) is 9.38. The average Bonchev–Trinajstić information content (AvgIpc) is 2.63. The summed E-state index contributed by atoms with van der Waals surface area (Å²) in [7, 11) is 0. The van der Waals surface area contributed by atoms with Crippen LogP contribution in [0.25, 0.3) is 0 Å². The summed E-state index contributed by atoms with van der Waals surface area (Å²) >= 11 is 2.09. The molecule has 74 valence electrons. The highest BCUT2D eigenvalue weighted by molar-refractivity contribution is 8.00. The van der Waals surface area contributed by atoms with E-state index < -0.39 is 5.97 Å². The lowest BCUT2D eigenvalue weighted by Gasteiger charge is -2.21. The van der Waals surface area contributed by atoms with Crippen molar-refractivity contribution in [2.75, 3.05) is 5.75 Å². The quantitative estimate of drug-likeness (QED) is 0.744. The second-order valence-corrected chi connectivity index (χ2v) is 5.90. The molecule has 0 aromatic rings. The van der Waals surface area contributed by atoms with Gasteiger partial charge in [-0.3, -0.25) is 4.79 Å². The van der Waals surface area contributed by atoms with Crippen LogP contribution in [0, 0.1) is 5.92 Å². The van der Waals surface area contributed by atoms with Gasteiger partial charge in [0.15, 0.2) is 0 Å². The van der Waals surface area contributed by atoms with E-state index in [0.717, 1.165) is 12.8 Å². The van der Waals surface area contributed by atoms with Crippen molar-refractivity contribution in [1.82, 2.24) is 0 Å². The molecule has 1 heterocycles. The van der Waals surface area contributed by atoms with Gasteiger partial charge in [-0.05, 0) is 43.8 Å². The third-order valence-corrected chi connectivity index (χ3v) is 5.00. The fourth-order valence-electron chi connectivity index (χ4n) is 2.73. The molecular weight excluding hydrogens is 184 g/mol. The Kier molecular flexibility index (Phi) is 2.54.